The molecule has 0 aromatic heterocycles. The van der Waals surface area contributed by atoms with Crippen LogP contribution in [0.4, 0.5) is 5.69 Å². The van der Waals surface area contributed by atoms with Gasteiger partial charge in [-0.3, -0.25) is 14.4 Å². The quantitative estimate of drug-likeness (QED) is 0.887. The van der Waals surface area contributed by atoms with Crippen LogP contribution >= 0.6 is 0 Å². The van der Waals surface area contributed by atoms with Gasteiger partial charge in [0, 0.05) is 37.3 Å². The van der Waals surface area contributed by atoms with Crippen molar-refractivity contribution < 1.29 is 14.4 Å². The Morgan fingerprint density at radius 1 is 1.39 bits per heavy atom. The van der Waals surface area contributed by atoms with E-state index >= 15 is 0 Å². The van der Waals surface area contributed by atoms with Crippen LogP contribution < -0.4 is 10.6 Å². The van der Waals surface area contributed by atoms with E-state index in [1.165, 1.54) is 0 Å². The number of hydrogen-bond donors (Lipinski definition) is 2. The van der Waals surface area contributed by atoms with Crippen LogP contribution in [0.1, 0.15) is 42.1 Å². The molecule has 6 nitrogen and oxygen atoms in total. The van der Waals surface area contributed by atoms with Crippen LogP contribution in [0, 0.1) is 5.92 Å². The van der Waals surface area contributed by atoms with Gasteiger partial charge in [-0.25, -0.2) is 0 Å². The number of benzene rings is 1. The van der Waals surface area contributed by atoms with Crippen molar-refractivity contribution >= 4 is 23.4 Å². The van der Waals surface area contributed by atoms with Gasteiger partial charge in [0.25, 0.3) is 5.91 Å². The Balaban J connectivity index is 1.66. The summed E-state index contributed by atoms with van der Waals surface area (Å²) in [6.07, 6.45) is 2.09. The fourth-order valence-electron chi connectivity index (χ4n) is 3.18. The third-order valence-electron chi connectivity index (χ3n) is 4.51. The molecule has 0 radical (unpaired) electrons. The van der Waals surface area contributed by atoms with Crippen LogP contribution in [0.5, 0.6) is 0 Å². The molecule has 2 N–H and O–H groups in total. The van der Waals surface area contributed by atoms with Gasteiger partial charge in [0.2, 0.25) is 11.8 Å². The van der Waals surface area contributed by atoms with Crippen molar-refractivity contribution in [1.82, 2.24) is 10.2 Å². The van der Waals surface area contributed by atoms with E-state index < -0.39 is 0 Å². The molecule has 23 heavy (non-hydrogen) atoms. The van der Waals surface area contributed by atoms with E-state index in [1.807, 2.05) is 19.1 Å². The molecular formula is C17H21N3O3. The maximum atomic E-state index is 12.5. The zero-order chi connectivity index (χ0) is 16.4. The lowest BCUT2D eigenvalue weighted by Crippen LogP contribution is -2.43. The van der Waals surface area contributed by atoms with Gasteiger partial charge in [0.1, 0.15) is 0 Å². The Kier molecular flexibility index (Phi) is 4.32. The highest BCUT2D eigenvalue weighted by Gasteiger charge is 2.28. The van der Waals surface area contributed by atoms with Crippen molar-refractivity contribution in [2.45, 2.75) is 32.7 Å². The summed E-state index contributed by atoms with van der Waals surface area (Å²) in [6.45, 7) is 3.58. The van der Waals surface area contributed by atoms with Gasteiger partial charge in [-0.05, 0) is 30.5 Å². The van der Waals surface area contributed by atoms with E-state index in [2.05, 4.69) is 10.6 Å². The molecule has 0 bridgehead atoms. The summed E-state index contributed by atoms with van der Waals surface area (Å²) in [7, 11) is 0. The first-order valence-electron chi connectivity index (χ1n) is 8.08. The molecule has 1 aromatic carbocycles. The lowest BCUT2D eigenvalue weighted by molar-refractivity contribution is -0.134. The number of likely N-dealkylation sites (tertiary alicyclic amines) is 1. The number of nitrogens with zero attached hydrogens (tertiary/aromatic N) is 1. The predicted octanol–water partition coefficient (Wildman–Crippen LogP) is 1.52. The fraction of sp³-hybridized carbons (Fsp3) is 0.471. The molecule has 2 aliphatic heterocycles. The van der Waals surface area contributed by atoms with E-state index in [9.17, 15) is 14.4 Å². The molecule has 1 atom stereocenters. The minimum atomic E-state index is -0.193. The summed E-state index contributed by atoms with van der Waals surface area (Å²) in [4.78, 5) is 37.7. The van der Waals surface area contributed by atoms with Crippen LogP contribution in [0.15, 0.2) is 18.2 Å². The molecule has 1 unspecified atom stereocenters. The van der Waals surface area contributed by atoms with Crippen LogP contribution in [-0.2, 0) is 16.1 Å². The zero-order valence-electron chi connectivity index (χ0n) is 13.2. The van der Waals surface area contributed by atoms with Gasteiger partial charge in [0.05, 0.1) is 5.92 Å². The maximum Gasteiger partial charge on any atom is 0.251 e. The van der Waals surface area contributed by atoms with E-state index in [0.717, 1.165) is 24.9 Å². The third kappa shape index (κ3) is 3.21. The SMILES string of the molecule is CCC(=O)N1CCCC(C(=O)Nc2ccc3c(c2)C(=O)NC3)C1. The van der Waals surface area contributed by atoms with Gasteiger partial charge in [-0.15, -0.1) is 0 Å². The van der Waals surface area contributed by atoms with Crippen molar-refractivity contribution in [3.63, 3.8) is 0 Å². The van der Waals surface area contributed by atoms with Crippen molar-refractivity contribution in [1.29, 1.82) is 0 Å². The van der Waals surface area contributed by atoms with E-state index in [0.29, 0.717) is 30.8 Å². The van der Waals surface area contributed by atoms with Gasteiger partial charge in [0.15, 0.2) is 0 Å². The number of hydrogen-bond acceptors (Lipinski definition) is 3. The second-order valence-corrected chi connectivity index (χ2v) is 6.08. The normalized spacial score (nSPS) is 20.0. The molecule has 0 spiro atoms. The summed E-state index contributed by atoms with van der Waals surface area (Å²) in [5.41, 5.74) is 2.20. The number of anilines is 1. The maximum absolute atomic E-state index is 12.5. The number of carbonyl (C=O) groups excluding carboxylic acids is 3. The lowest BCUT2D eigenvalue weighted by atomic mass is 9.96. The number of amides is 3. The van der Waals surface area contributed by atoms with Crippen LogP contribution in [0.2, 0.25) is 0 Å². The topological polar surface area (TPSA) is 78.5 Å². The fourth-order valence-corrected chi connectivity index (χ4v) is 3.18. The molecule has 1 fully saturated rings. The Labute approximate surface area is 135 Å². The molecule has 0 saturated carbocycles. The number of fused-ring (bicyclic) bond motifs is 1. The third-order valence-corrected chi connectivity index (χ3v) is 4.51. The van der Waals surface area contributed by atoms with Crippen molar-refractivity contribution in [2.75, 3.05) is 18.4 Å². The first-order valence-corrected chi connectivity index (χ1v) is 8.08. The second-order valence-electron chi connectivity index (χ2n) is 6.08. The van der Waals surface area contributed by atoms with Crippen molar-refractivity contribution in [2.24, 2.45) is 5.92 Å². The van der Waals surface area contributed by atoms with Crippen LogP contribution in [0.25, 0.3) is 0 Å². The Hall–Kier alpha value is -2.37. The number of nitrogens with one attached hydrogen (secondary N) is 2. The summed E-state index contributed by atoms with van der Waals surface area (Å²) in [5.74, 6) is -0.288. The minimum Gasteiger partial charge on any atom is -0.348 e. The van der Waals surface area contributed by atoms with Crippen molar-refractivity contribution in [3.05, 3.63) is 29.3 Å². The molecule has 3 amide bonds. The molecule has 6 heteroatoms. The smallest absolute Gasteiger partial charge is 0.251 e. The molecule has 1 aromatic rings. The first-order chi connectivity index (χ1) is 11.1. The van der Waals surface area contributed by atoms with E-state index in [1.54, 1.807) is 11.0 Å². The summed E-state index contributed by atoms with van der Waals surface area (Å²) < 4.78 is 0. The standard InChI is InChI=1S/C17H21N3O3/c1-2-15(21)20-7-3-4-12(10-20)16(22)19-13-6-5-11-9-18-17(23)14(11)8-13/h5-6,8,12H,2-4,7,9-10H2,1H3,(H,18,23)(H,19,22). The number of carbonyl (C=O) groups is 3. The summed E-state index contributed by atoms with van der Waals surface area (Å²) >= 11 is 0. The van der Waals surface area contributed by atoms with Crippen molar-refractivity contribution in [3.8, 4) is 0 Å². The lowest BCUT2D eigenvalue weighted by Gasteiger charge is -2.31. The van der Waals surface area contributed by atoms with Gasteiger partial charge >= 0.3 is 0 Å². The highest BCUT2D eigenvalue weighted by molar-refractivity contribution is 6.00. The zero-order valence-corrected chi connectivity index (χ0v) is 13.2. The Morgan fingerprint density at radius 3 is 3.00 bits per heavy atom. The number of rotatable bonds is 3. The summed E-state index contributed by atoms with van der Waals surface area (Å²) in [5, 5.41) is 5.64. The van der Waals surface area contributed by atoms with Gasteiger partial charge in [-0.1, -0.05) is 13.0 Å². The minimum absolute atomic E-state index is 0.0861. The average molecular weight is 315 g/mol. The van der Waals surface area contributed by atoms with Gasteiger partial charge < -0.3 is 15.5 Å². The number of piperidine rings is 1. The summed E-state index contributed by atoms with van der Waals surface area (Å²) in [6, 6.07) is 5.39. The van der Waals surface area contributed by atoms with E-state index in [4.69, 9.17) is 0 Å². The van der Waals surface area contributed by atoms with Crippen LogP contribution in [-0.4, -0.2) is 35.7 Å². The van der Waals surface area contributed by atoms with E-state index in [-0.39, 0.29) is 23.6 Å². The molecule has 2 heterocycles. The molecule has 1 saturated heterocycles. The highest BCUT2D eigenvalue weighted by atomic mass is 16.2. The monoisotopic (exact) mass is 315 g/mol. The Morgan fingerprint density at radius 2 is 2.22 bits per heavy atom. The van der Waals surface area contributed by atoms with Gasteiger partial charge in [-0.2, -0.15) is 0 Å². The molecule has 122 valence electrons. The Bertz CT molecular complexity index is 656. The predicted molar refractivity (Wildman–Crippen MR) is 85.8 cm³/mol. The molecular weight excluding hydrogens is 294 g/mol. The van der Waals surface area contributed by atoms with Crippen LogP contribution in [0.3, 0.4) is 0 Å². The average Bonchev–Trinajstić information content (AvgIpc) is 2.95. The first kappa shape index (κ1) is 15.5. The molecule has 2 aliphatic rings. The largest absolute Gasteiger partial charge is 0.348 e. The molecule has 3 rings (SSSR count). The second kappa shape index (κ2) is 6.40. The highest BCUT2D eigenvalue weighted by Crippen LogP contribution is 2.23. The molecule has 0 aliphatic carbocycles.